The highest BCUT2D eigenvalue weighted by molar-refractivity contribution is 7.18. The maximum Gasteiger partial charge on any atom is 0.282 e. The first-order valence-corrected chi connectivity index (χ1v) is 11.7. The molecule has 0 fully saturated rings. The van der Waals surface area contributed by atoms with Gasteiger partial charge in [0.2, 0.25) is 0 Å². The van der Waals surface area contributed by atoms with E-state index in [4.69, 9.17) is 23.2 Å². The Balaban J connectivity index is 1.55. The molecule has 8 heteroatoms. The average Bonchev–Trinajstić information content (AvgIpc) is 3.25. The number of benzene rings is 1. The fourth-order valence-corrected chi connectivity index (χ4v) is 6.01. The lowest BCUT2D eigenvalue weighted by Gasteiger charge is -2.11. The molecule has 31 heavy (non-hydrogen) atoms. The summed E-state index contributed by atoms with van der Waals surface area (Å²) in [5.74, 6) is 0. The number of nitrogens with zero attached hydrogens (tertiary/aromatic N) is 4. The topological polar surface area (TPSA) is 52.2 Å². The summed E-state index contributed by atoms with van der Waals surface area (Å²) in [6.07, 6.45) is 7.51. The maximum absolute atomic E-state index is 13.1. The standard InChI is InChI=1S/C23H20Cl2N4OS/c1-13-9-15(14(2)29(13)19-8-7-16(24)10-18(19)25)11-27-28-12-26-22-21(23(28)30)17-5-3-4-6-20(17)31-22/h7-12H,3-6H2,1-2H3/b27-11-. The normalized spacial score (nSPS) is 13.9. The van der Waals surface area contributed by atoms with E-state index in [0.29, 0.717) is 10.0 Å². The highest BCUT2D eigenvalue weighted by atomic mass is 35.5. The van der Waals surface area contributed by atoms with Gasteiger partial charge in [-0.15, -0.1) is 11.3 Å². The van der Waals surface area contributed by atoms with Crippen LogP contribution in [-0.2, 0) is 12.8 Å². The van der Waals surface area contributed by atoms with Crippen LogP contribution >= 0.6 is 34.5 Å². The Bertz CT molecular complexity index is 1410. The fourth-order valence-electron chi connectivity index (χ4n) is 4.30. The number of aromatic nitrogens is 3. The molecule has 0 spiro atoms. The van der Waals surface area contributed by atoms with Crippen molar-refractivity contribution in [3.05, 3.63) is 78.4 Å². The molecule has 0 unspecified atom stereocenters. The molecule has 5 rings (SSSR count). The van der Waals surface area contributed by atoms with Gasteiger partial charge in [0.05, 0.1) is 22.3 Å². The second kappa shape index (κ2) is 7.93. The van der Waals surface area contributed by atoms with E-state index < -0.39 is 0 Å². The lowest BCUT2D eigenvalue weighted by Crippen LogP contribution is -2.18. The number of thiophene rings is 1. The van der Waals surface area contributed by atoms with Gasteiger partial charge in [-0.25, -0.2) is 4.98 Å². The minimum Gasteiger partial charge on any atom is -0.316 e. The van der Waals surface area contributed by atoms with E-state index in [1.807, 2.05) is 32.0 Å². The molecular weight excluding hydrogens is 451 g/mol. The number of aryl methyl sites for hydroxylation is 3. The molecule has 0 aliphatic heterocycles. The molecule has 0 atom stereocenters. The van der Waals surface area contributed by atoms with Gasteiger partial charge in [-0.1, -0.05) is 23.2 Å². The molecule has 0 radical (unpaired) electrons. The predicted octanol–water partition coefficient (Wildman–Crippen LogP) is 5.93. The zero-order chi connectivity index (χ0) is 21.7. The van der Waals surface area contributed by atoms with Crippen LogP contribution in [0.2, 0.25) is 10.0 Å². The second-order valence-corrected chi connectivity index (χ2v) is 9.71. The van der Waals surface area contributed by atoms with Crippen LogP contribution in [0, 0.1) is 13.8 Å². The number of halogens is 2. The van der Waals surface area contributed by atoms with E-state index in [2.05, 4.69) is 14.7 Å². The molecule has 0 saturated carbocycles. The van der Waals surface area contributed by atoms with Crippen LogP contribution in [0.25, 0.3) is 15.9 Å². The Labute approximate surface area is 193 Å². The van der Waals surface area contributed by atoms with Crippen molar-refractivity contribution in [2.45, 2.75) is 39.5 Å². The quantitative estimate of drug-likeness (QED) is 0.348. The van der Waals surface area contributed by atoms with E-state index in [9.17, 15) is 4.79 Å². The third kappa shape index (κ3) is 3.53. The Kier molecular flexibility index (Phi) is 5.24. The Morgan fingerprint density at radius 3 is 2.77 bits per heavy atom. The average molecular weight is 471 g/mol. The van der Waals surface area contributed by atoms with Gasteiger partial charge in [0.25, 0.3) is 5.56 Å². The molecule has 3 aromatic heterocycles. The Morgan fingerprint density at radius 2 is 1.97 bits per heavy atom. The van der Waals surface area contributed by atoms with Crippen LogP contribution < -0.4 is 5.56 Å². The number of hydrogen-bond donors (Lipinski definition) is 0. The highest BCUT2D eigenvalue weighted by Gasteiger charge is 2.20. The van der Waals surface area contributed by atoms with Crippen molar-refractivity contribution in [3.63, 3.8) is 0 Å². The van der Waals surface area contributed by atoms with E-state index in [-0.39, 0.29) is 5.56 Å². The van der Waals surface area contributed by atoms with Crippen LogP contribution in [0.1, 0.15) is 40.2 Å². The first kappa shape index (κ1) is 20.5. The Morgan fingerprint density at radius 1 is 1.16 bits per heavy atom. The molecule has 5 nitrogen and oxygen atoms in total. The summed E-state index contributed by atoms with van der Waals surface area (Å²) in [6.45, 7) is 4.01. The number of fused-ring (bicyclic) bond motifs is 3. The summed E-state index contributed by atoms with van der Waals surface area (Å²) in [7, 11) is 0. The summed E-state index contributed by atoms with van der Waals surface area (Å²) < 4.78 is 3.39. The van der Waals surface area contributed by atoms with Crippen LogP contribution in [0.4, 0.5) is 0 Å². The predicted molar refractivity (Wildman–Crippen MR) is 129 cm³/mol. The molecule has 1 aromatic carbocycles. The van der Waals surface area contributed by atoms with Gasteiger partial charge in [0, 0.05) is 26.9 Å². The van der Waals surface area contributed by atoms with Crippen molar-refractivity contribution in [2.75, 3.05) is 0 Å². The molecule has 0 bridgehead atoms. The zero-order valence-corrected chi connectivity index (χ0v) is 19.5. The first-order chi connectivity index (χ1) is 14.9. The van der Waals surface area contributed by atoms with E-state index in [1.54, 1.807) is 23.6 Å². The molecule has 0 N–H and O–H groups in total. The molecule has 0 amide bonds. The molecule has 158 valence electrons. The fraction of sp³-hybridized carbons (Fsp3) is 0.261. The van der Waals surface area contributed by atoms with Crippen LogP contribution in [0.3, 0.4) is 0 Å². The minimum atomic E-state index is -0.102. The monoisotopic (exact) mass is 470 g/mol. The van der Waals surface area contributed by atoms with Crippen LogP contribution in [-0.4, -0.2) is 20.4 Å². The summed E-state index contributed by atoms with van der Waals surface area (Å²) in [4.78, 5) is 19.7. The molecule has 1 aliphatic rings. The third-order valence-electron chi connectivity index (χ3n) is 5.80. The van der Waals surface area contributed by atoms with E-state index in [1.165, 1.54) is 27.9 Å². The lowest BCUT2D eigenvalue weighted by atomic mass is 9.97. The van der Waals surface area contributed by atoms with Gasteiger partial charge in [-0.2, -0.15) is 9.78 Å². The highest BCUT2D eigenvalue weighted by Crippen LogP contribution is 2.33. The van der Waals surface area contributed by atoms with Crippen molar-refractivity contribution in [1.82, 2.24) is 14.2 Å². The van der Waals surface area contributed by atoms with E-state index >= 15 is 0 Å². The van der Waals surface area contributed by atoms with Crippen molar-refractivity contribution in [1.29, 1.82) is 0 Å². The van der Waals surface area contributed by atoms with Gasteiger partial charge in [0.15, 0.2) is 0 Å². The van der Waals surface area contributed by atoms with Crippen molar-refractivity contribution in [2.24, 2.45) is 5.10 Å². The molecule has 3 heterocycles. The second-order valence-electron chi connectivity index (χ2n) is 7.79. The summed E-state index contributed by atoms with van der Waals surface area (Å²) in [5.41, 5.74) is 4.81. The van der Waals surface area contributed by atoms with E-state index in [0.717, 1.165) is 52.1 Å². The van der Waals surface area contributed by atoms with Gasteiger partial charge in [-0.3, -0.25) is 4.79 Å². The summed E-state index contributed by atoms with van der Waals surface area (Å²) in [5, 5.41) is 6.36. The van der Waals surface area contributed by atoms with Gasteiger partial charge in [-0.05, 0) is 69.4 Å². The SMILES string of the molecule is Cc1cc(/C=N\n2cnc3sc4c(c3c2=O)CCCC4)c(C)n1-c1ccc(Cl)cc1Cl. The molecule has 4 aromatic rings. The van der Waals surface area contributed by atoms with Crippen LogP contribution in [0.15, 0.2) is 40.5 Å². The van der Waals surface area contributed by atoms with Crippen molar-refractivity contribution in [3.8, 4) is 5.69 Å². The van der Waals surface area contributed by atoms with Gasteiger partial charge in [0.1, 0.15) is 11.2 Å². The first-order valence-electron chi connectivity index (χ1n) is 10.1. The molecule has 1 aliphatic carbocycles. The molecular formula is C23H20Cl2N4OS. The van der Waals surface area contributed by atoms with Crippen LogP contribution in [0.5, 0.6) is 0 Å². The number of rotatable bonds is 3. The van der Waals surface area contributed by atoms with Gasteiger partial charge < -0.3 is 4.57 Å². The smallest absolute Gasteiger partial charge is 0.282 e. The van der Waals surface area contributed by atoms with Gasteiger partial charge >= 0.3 is 0 Å². The third-order valence-corrected chi connectivity index (χ3v) is 7.54. The lowest BCUT2D eigenvalue weighted by molar-refractivity contribution is 0.699. The largest absolute Gasteiger partial charge is 0.316 e. The minimum absolute atomic E-state index is 0.102. The summed E-state index contributed by atoms with van der Waals surface area (Å²) in [6, 6.07) is 7.46. The van der Waals surface area contributed by atoms with Crippen molar-refractivity contribution < 1.29 is 0 Å². The maximum atomic E-state index is 13.1. The summed E-state index contributed by atoms with van der Waals surface area (Å²) >= 11 is 14.1. The molecule has 0 saturated heterocycles. The van der Waals surface area contributed by atoms with Crippen molar-refractivity contribution >= 4 is 51.0 Å². The number of hydrogen-bond acceptors (Lipinski definition) is 4. The zero-order valence-electron chi connectivity index (χ0n) is 17.2. The Hall–Kier alpha value is -2.41.